The second-order valence-corrected chi connectivity index (χ2v) is 6.10. The molecule has 2 aliphatic carbocycles. The van der Waals surface area contributed by atoms with Gasteiger partial charge < -0.3 is 10.2 Å². The zero-order valence-electron chi connectivity index (χ0n) is 11.0. The fourth-order valence-corrected chi connectivity index (χ4v) is 4.50. The van der Waals surface area contributed by atoms with E-state index in [-0.39, 0.29) is 29.5 Å². The van der Waals surface area contributed by atoms with Crippen LogP contribution in [0.1, 0.15) is 41.0 Å². The van der Waals surface area contributed by atoms with Crippen LogP contribution in [0.15, 0.2) is 11.1 Å². The maximum absolute atomic E-state index is 10.5. The summed E-state index contributed by atoms with van der Waals surface area (Å²) in [5.74, 6) is 0.674. The van der Waals surface area contributed by atoms with Crippen molar-refractivity contribution in [2.24, 2.45) is 22.7 Å². The maximum Gasteiger partial charge on any atom is 0.0671 e. The Morgan fingerprint density at radius 2 is 1.62 bits per heavy atom. The van der Waals surface area contributed by atoms with Gasteiger partial charge in [0, 0.05) is 12.0 Å². The van der Waals surface area contributed by atoms with Gasteiger partial charge >= 0.3 is 0 Å². The van der Waals surface area contributed by atoms with Crippen LogP contribution in [0.3, 0.4) is 0 Å². The van der Waals surface area contributed by atoms with Gasteiger partial charge in [-0.15, -0.1) is 0 Å². The average molecular weight is 224 g/mol. The highest BCUT2D eigenvalue weighted by atomic mass is 16.3. The van der Waals surface area contributed by atoms with Crippen molar-refractivity contribution in [2.45, 2.75) is 47.1 Å². The van der Waals surface area contributed by atoms with Crippen LogP contribution >= 0.6 is 0 Å². The van der Waals surface area contributed by atoms with E-state index in [1.807, 2.05) is 0 Å². The molecule has 0 heterocycles. The molecule has 2 heteroatoms. The zero-order valence-corrected chi connectivity index (χ0v) is 11.0. The number of aliphatic hydroxyl groups is 2. The van der Waals surface area contributed by atoms with Crippen molar-refractivity contribution < 1.29 is 10.2 Å². The molecule has 0 aromatic heterocycles. The predicted molar refractivity (Wildman–Crippen MR) is 65.0 cm³/mol. The number of rotatable bonds is 2. The summed E-state index contributed by atoms with van der Waals surface area (Å²) in [6, 6.07) is 0. The Labute approximate surface area is 98.4 Å². The first-order valence-corrected chi connectivity index (χ1v) is 6.30. The van der Waals surface area contributed by atoms with Crippen LogP contribution in [0.2, 0.25) is 0 Å². The molecule has 0 aromatic carbocycles. The summed E-state index contributed by atoms with van der Waals surface area (Å²) in [7, 11) is 0. The third-order valence-electron chi connectivity index (χ3n) is 6.18. The molecule has 2 rings (SSSR count). The third-order valence-corrected chi connectivity index (χ3v) is 6.18. The first-order valence-electron chi connectivity index (χ1n) is 6.30. The summed E-state index contributed by atoms with van der Waals surface area (Å²) >= 11 is 0. The lowest BCUT2D eigenvalue weighted by molar-refractivity contribution is 0.0231. The zero-order chi connectivity index (χ0) is 12.3. The van der Waals surface area contributed by atoms with Crippen molar-refractivity contribution in [1.29, 1.82) is 0 Å². The molecule has 2 bridgehead atoms. The lowest BCUT2D eigenvalue weighted by atomic mass is 9.68. The largest absolute Gasteiger partial charge is 0.396 e. The van der Waals surface area contributed by atoms with E-state index < -0.39 is 0 Å². The van der Waals surface area contributed by atoms with E-state index in [2.05, 4.69) is 34.6 Å². The quantitative estimate of drug-likeness (QED) is 0.707. The van der Waals surface area contributed by atoms with Crippen molar-refractivity contribution in [2.75, 3.05) is 6.61 Å². The Balaban J connectivity index is 2.54. The lowest BCUT2D eigenvalue weighted by Gasteiger charge is -2.38. The highest BCUT2D eigenvalue weighted by Crippen LogP contribution is 2.70. The molecule has 0 radical (unpaired) electrons. The fraction of sp³-hybridized carbons (Fsp3) is 0.857. The van der Waals surface area contributed by atoms with Crippen LogP contribution in [0, 0.1) is 22.7 Å². The number of fused-ring (bicyclic) bond motifs is 2. The molecule has 2 N–H and O–H groups in total. The molecule has 0 spiro atoms. The van der Waals surface area contributed by atoms with Crippen LogP contribution in [-0.4, -0.2) is 22.9 Å². The summed E-state index contributed by atoms with van der Waals surface area (Å²) in [6.07, 6.45) is 0.408. The SMILES string of the molecule is CC1=C(C)C2(C)C(CCO)C(O)C1(C)C2C. The third kappa shape index (κ3) is 1.01. The highest BCUT2D eigenvalue weighted by Gasteiger charge is 2.67. The van der Waals surface area contributed by atoms with Gasteiger partial charge in [-0.1, -0.05) is 31.9 Å². The molecular weight excluding hydrogens is 200 g/mol. The second-order valence-electron chi connectivity index (χ2n) is 6.10. The molecule has 0 aliphatic heterocycles. The van der Waals surface area contributed by atoms with Crippen molar-refractivity contribution in [3.8, 4) is 0 Å². The lowest BCUT2D eigenvalue weighted by Crippen LogP contribution is -2.38. The smallest absolute Gasteiger partial charge is 0.0671 e. The van der Waals surface area contributed by atoms with E-state index in [0.29, 0.717) is 12.3 Å². The van der Waals surface area contributed by atoms with E-state index in [1.54, 1.807) is 0 Å². The first-order chi connectivity index (χ1) is 7.32. The Morgan fingerprint density at radius 1 is 1.12 bits per heavy atom. The summed E-state index contributed by atoms with van der Waals surface area (Å²) in [5.41, 5.74) is 2.79. The van der Waals surface area contributed by atoms with Gasteiger partial charge in [-0.05, 0) is 37.5 Å². The number of hydrogen-bond acceptors (Lipinski definition) is 2. The number of allylic oxidation sites excluding steroid dienone is 1. The molecule has 2 aliphatic rings. The molecule has 5 unspecified atom stereocenters. The molecule has 16 heavy (non-hydrogen) atoms. The standard InChI is InChI=1S/C14H24O2/c1-8-9(2)14(5)10(3)13(8,4)11(6-7-15)12(14)16/h10-12,15-16H,6-7H2,1-5H3. The van der Waals surface area contributed by atoms with E-state index >= 15 is 0 Å². The Kier molecular flexibility index (Phi) is 2.52. The van der Waals surface area contributed by atoms with Gasteiger partial charge in [0.25, 0.3) is 0 Å². The maximum atomic E-state index is 10.5. The molecule has 1 fully saturated rings. The minimum Gasteiger partial charge on any atom is -0.396 e. The minimum atomic E-state index is -0.302. The topological polar surface area (TPSA) is 40.5 Å². The second kappa shape index (κ2) is 3.33. The number of hydrogen-bond donors (Lipinski definition) is 2. The molecule has 0 amide bonds. The van der Waals surface area contributed by atoms with Crippen molar-refractivity contribution in [3.63, 3.8) is 0 Å². The molecule has 5 atom stereocenters. The van der Waals surface area contributed by atoms with Gasteiger partial charge in [0.05, 0.1) is 6.10 Å². The molecule has 2 nitrogen and oxygen atoms in total. The molecular formula is C14H24O2. The average Bonchev–Trinajstić information content (AvgIpc) is 2.48. The van der Waals surface area contributed by atoms with Gasteiger partial charge in [0.2, 0.25) is 0 Å². The molecule has 0 saturated heterocycles. The van der Waals surface area contributed by atoms with E-state index in [4.69, 9.17) is 0 Å². The van der Waals surface area contributed by atoms with Gasteiger partial charge in [0.15, 0.2) is 0 Å². The van der Waals surface area contributed by atoms with Crippen LogP contribution < -0.4 is 0 Å². The predicted octanol–water partition coefficient (Wildman–Crippen LogP) is 2.36. The van der Waals surface area contributed by atoms with Gasteiger partial charge in [0.1, 0.15) is 0 Å². The van der Waals surface area contributed by atoms with Gasteiger partial charge in [-0.25, -0.2) is 0 Å². The molecule has 92 valence electrons. The Morgan fingerprint density at radius 3 is 2.06 bits per heavy atom. The molecule has 1 saturated carbocycles. The van der Waals surface area contributed by atoms with Crippen LogP contribution in [0.4, 0.5) is 0 Å². The van der Waals surface area contributed by atoms with Crippen molar-refractivity contribution in [3.05, 3.63) is 11.1 Å². The first kappa shape index (κ1) is 12.1. The van der Waals surface area contributed by atoms with Crippen LogP contribution in [0.5, 0.6) is 0 Å². The normalized spacial score (nSPS) is 51.6. The summed E-state index contributed by atoms with van der Waals surface area (Å²) in [4.78, 5) is 0. The highest BCUT2D eigenvalue weighted by molar-refractivity contribution is 5.41. The van der Waals surface area contributed by atoms with E-state index in [9.17, 15) is 10.2 Å². The van der Waals surface area contributed by atoms with E-state index in [0.717, 1.165) is 0 Å². The Bertz CT molecular complexity index is 347. The molecule has 0 aromatic rings. The monoisotopic (exact) mass is 224 g/mol. The summed E-state index contributed by atoms with van der Waals surface area (Å²) in [5, 5.41) is 19.7. The van der Waals surface area contributed by atoms with E-state index in [1.165, 1.54) is 11.1 Å². The van der Waals surface area contributed by atoms with Gasteiger partial charge in [-0.3, -0.25) is 0 Å². The number of aliphatic hydroxyl groups excluding tert-OH is 2. The Hall–Kier alpha value is -0.340. The fourth-order valence-electron chi connectivity index (χ4n) is 4.50. The van der Waals surface area contributed by atoms with Crippen molar-refractivity contribution in [1.82, 2.24) is 0 Å². The van der Waals surface area contributed by atoms with Crippen LogP contribution in [-0.2, 0) is 0 Å². The summed E-state index contributed by atoms with van der Waals surface area (Å²) in [6.45, 7) is 11.2. The van der Waals surface area contributed by atoms with Gasteiger partial charge in [-0.2, -0.15) is 0 Å². The van der Waals surface area contributed by atoms with Crippen LogP contribution in [0.25, 0.3) is 0 Å². The minimum absolute atomic E-state index is 0.0704. The van der Waals surface area contributed by atoms with Crippen molar-refractivity contribution >= 4 is 0 Å². The summed E-state index contributed by atoms with van der Waals surface area (Å²) < 4.78 is 0.